The van der Waals surface area contributed by atoms with Crippen molar-refractivity contribution in [3.8, 4) is 45.4 Å². The molecule has 1 aromatic heterocycles. The zero-order valence-corrected chi connectivity index (χ0v) is 16.3. The van der Waals surface area contributed by atoms with E-state index in [0.29, 0.717) is 34.8 Å². The van der Waals surface area contributed by atoms with Crippen LogP contribution in [0.25, 0.3) is 22.5 Å². The fourth-order valence-corrected chi connectivity index (χ4v) is 2.63. The summed E-state index contributed by atoms with van der Waals surface area (Å²) in [5.41, 5.74) is 13.3. The molecule has 0 radical (unpaired) electrons. The molecule has 2 aromatic carbocycles. The summed E-state index contributed by atoms with van der Waals surface area (Å²) in [6, 6.07) is 8.63. The Morgan fingerprint density at radius 1 is 1.07 bits per heavy atom. The summed E-state index contributed by atoms with van der Waals surface area (Å²) >= 11 is 0. The van der Waals surface area contributed by atoms with E-state index >= 15 is 0 Å². The van der Waals surface area contributed by atoms with E-state index in [0.717, 1.165) is 11.1 Å². The molecule has 0 bridgehead atoms. The van der Waals surface area contributed by atoms with Gasteiger partial charge in [-0.25, -0.2) is 0 Å². The van der Waals surface area contributed by atoms with Crippen molar-refractivity contribution in [3.05, 3.63) is 36.5 Å². The van der Waals surface area contributed by atoms with E-state index in [9.17, 15) is 5.11 Å². The van der Waals surface area contributed by atoms with Gasteiger partial charge in [0.25, 0.3) is 0 Å². The van der Waals surface area contributed by atoms with Crippen LogP contribution in [-0.4, -0.2) is 44.4 Å². The minimum absolute atomic E-state index is 0.0616. The van der Waals surface area contributed by atoms with E-state index in [1.807, 2.05) is 6.07 Å². The Morgan fingerprint density at radius 2 is 1.76 bits per heavy atom. The Kier molecular flexibility index (Phi) is 7.44. The van der Waals surface area contributed by atoms with Crippen LogP contribution < -0.4 is 25.7 Å². The number of phenolic OH excluding ortho intramolecular Hbond substituents is 1. The summed E-state index contributed by atoms with van der Waals surface area (Å²) in [5, 5.41) is 14.0. The number of carbonyl (C=O) groups excluding carboxylic acids is 1. The summed E-state index contributed by atoms with van der Waals surface area (Å²) in [4.78, 5) is 9.05. The number of aromatic nitrogens is 1. The maximum absolute atomic E-state index is 10.2. The summed E-state index contributed by atoms with van der Waals surface area (Å²) in [5.74, 6) is 1.63. The van der Waals surface area contributed by atoms with Crippen molar-refractivity contribution >= 4 is 12.0 Å². The first kappa shape index (κ1) is 21.6. The summed E-state index contributed by atoms with van der Waals surface area (Å²) < 4.78 is 21.0. The van der Waals surface area contributed by atoms with Crippen LogP contribution in [0.2, 0.25) is 0 Å². The van der Waals surface area contributed by atoms with Gasteiger partial charge in [0.1, 0.15) is 12.0 Å². The Balaban J connectivity index is 0.000000687. The second-order valence-corrected chi connectivity index (χ2v) is 5.66. The Labute approximate surface area is 167 Å². The second-order valence-electron chi connectivity index (χ2n) is 5.66. The number of aldehydes is 1. The minimum atomic E-state index is -0.0616. The molecular weight excluding hydrogens is 378 g/mol. The van der Waals surface area contributed by atoms with Gasteiger partial charge < -0.3 is 40.1 Å². The standard InChI is InChI=1S/C18H18N2O5.C2H5NO/c1-22-15-5-4-10(6-13(15)19)12-9-20-25-17(12)11-7-14(21)18(24-3)16(8-11)23-2;3-1-2-4/h4-9,21H,19H2,1-3H3;2H,1,3H2. The molecule has 1 heterocycles. The first-order valence-electron chi connectivity index (χ1n) is 8.48. The highest BCUT2D eigenvalue weighted by Crippen LogP contribution is 2.43. The van der Waals surface area contributed by atoms with Crippen molar-refractivity contribution in [2.75, 3.05) is 33.6 Å². The van der Waals surface area contributed by atoms with E-state index in [2.05, 4.69) is 10.9 Å². The van der Waals surface area contributed by atoms with Gasteiger partial charge in [-0.2, -0.15) is 0 Å². The Bertz CT molecular complexity index is 971. The number of anilines is 1. The van der Waals surface area contributed by atoms with Crippen LogP contribution in [0.5, 0.6) is 23.0 Å². The molecule has 29 heavy (non-hydrogen) atoms. The number of nitrogens with two attached hydrogens (primary N) is 2. The number of hydrogen-bond donors (Lipinski definition) is 3. The van der Waals surface area contributed by atoms with Gasteiger partial charge >= 0.3 is 0 Å². The fraction of sp³-hybridized carbons (Fsp3) is 0.200. The lowest BCUT2D eigenvalue weighted by atomic mass is 10.0. The fourth-order valence-electron chi connectivity index (χ4n) is 2.63. The van der Waals surface area contributed by atoms with Crippen LogP contribution in [-0.2, 0) is 4.79 Å². The lowest BCUT2D eigenvalue weighted by Crippen LogP contribution is -1.97. The number of nitrogens with zero attached hydrogens (tertiary/aromatic N) is 1. The maximum Gasteiger partial charge on any atom is 0.203 e. The highest BCUT2D eigenvalue weighted by atomic mass is 16.5. The number of carbonyl (C=O) groups is 1. The van der Waals surface area contributed by atoms with Gasteiger partial charge in [-0.15, -0.1) is 0 Å². The number of nitrogen functional groups attached to an aromatic ring is 1. The highest BCUT2D eigenvalue weighted by Gasteiger charge is 2.19. The molecule has 0 aliphatic heterocycles. The smallest absolute Gasteiger partial charge is 0.203 e. The Hall–Kier alpha value is -3.72. The van der Waals surface area contributed by atoms with Crippen LogP contribution in [0.3, 0.4) is 0 Å². The molecule has 5 N–H and O–H groups in total. The maximum atomic E-state index is 10.2. The molecule has 3 rings (SSSR count). The van der Waals surface area contributed by atoms with Crippen molar-refractivity contribution in [2.24, 2.45) is 5.73 Å². The van der Waals surface area contributed by atoms with Gasteiger partial charge in [0.15, 0.2) is 17.3 Å². The predicted molar refractivity (Wildman–Crippen MR) is 108 cm³/mol. The van der Waals surface area contributed by atoms with E-state index in [4.69, 9.17) is 29.3 Å². The molecular formula is C20H23N3O6. The quantitative estimate of drug-likeness (QED) is 0.419. The van der Waals surface area contributed by atoms with Crippen molar-refractivity contribution in [3.63, 3.8) is 0 Å². The third kappa shape index (κ3) is 4.77. The number of benzene rings is 2. The van der Waals surface area contributed by atoms with Crippen molar-refractivity contribution in [2.45, 2.75) is 0 Å². The zero-order chi connectivity index (χ0) is 21.4. The largest absolute Gasteiger partial charge is 0.504 e. The molecule has 0 aliphatic carbocycles. The van der Waals surface area contributed by atoms with Crippen LogP contribution in [0.15, 0.2) is 41.1 Å². The van der Waals surface area contributed by atoms with Gasteiger partial charge in [-0.1, -0.05) is 11.2 Å². The predicted octanol–water partition coefficient (Wildman–Crippen LogP) is 2.47. The third-order valence-electron chi connectivity index (χ3n) is 3.93. The van der Waals surface area contributed by atoms with Gasteiger partial charge in [0.2, 0.25) is 5.75 Å². The average molecular weight is 401 g/mol. The first-order valence-corrected chi connectivity index (χ1v) is 8.48. The number of ether oxygens (including phenoxy) is 3. The molecule has 9 nitrogen and oxygen atoms in total. The number of methoxy groups -OCH3 is 3. The second kappa shape index (κ2) is 10.00. The molecule has 9 heteroatoms. The molecule has 0 unspecified atom stereocenters. The molecule has 0 atom stereocenters. The minimum Gasteiger partial charge on any atom is -0.504 e. The van der Waals surface area contributed by atoms with Crippen molar-refractivity contribution in [1.82, 2.24) is 5.16 Å². The van der Waals surface area contributed by atoms with Gasteiger partial charge in [-0.05, 0) is 29.8 Å². The average Bonchev–Trinajstić information content (AvgIpc) is 3.23. The number of phenols is 1. The highest BCUT2D eigenvalue weighted by molar-refractivity contribution is 5.83. The lowest BCUT2D eigenvalue weighted by molar-refractivity contribution is -0.106. The van der Waals surface area contributed by atoms with Crippen LogP contribution in [0.4, 0.5) is 5.69 Å². The van der Waals surface area contributed by atoms with Gasteiger partial charge in [0.05, 0.1) is 33.2 Å². The SMILES string of the molecule is COc1ccc(-c2cnoc2-c2cc(O)c(OC)c(OC)c2)cc1N.NCC=O. The van der Waals surface area contributed by atoms with Crippen molar-refractivity contribution in [1.29, 1.82) is 0 Å². The summed E-state index contributed by atoms with van der Waals surface area (Å²) in [7, 11) is 4.51. The lowest BCUT2D eigenvalue weighted by Gasteiger charge is -2.11. The topological polar surface area (TPSA) is 143 Å². The zero-order valence-electron chi connectivity index (χ0n) is 16.3. The third-order valence-corrected chi connectivity index (χ3v) is 3.93. The number of rotatable bonds is 6. The molecule has 154 valence electrons. The monoisotopic (exact) mass is 401 g/mol. The molecule has 0 saturated heterocycles. The van der Waals surface area contributed by atoms with Gasteiger partial charge in [-0.3, -0.25) is 0 Å². The summed E-state index contributed by atoms with van der Waals surface area (Å²) in [6.45, 7) is 0.139. The summed E-state index contributed by atoms with van der Waals surface area (Å²) in [6.07, 6.45) is 2.24. The molecule has 0 aliphatic rings. The normalized spacial score (nSPS) is 9.93. The van der Waals surface area contributed by atoms with Gasteiger partial charge in [0, 0.05) is 17.7 Å². The number of aromatic hydroxyl groups is 1. The van der Waals surface area contributed by atoms with Crippen LogP contribution >= 0.6 is 0 Å². The molecule has 0 amide bonds. The van der Waals surface area contributed by atoms with E-state index in [-0.39, 0.29) is 18.0 Å². The molecule has 3 aromatic rings. The first-order chi connectivity index (χ1) is 14.0. The Morgan fingerprint density at radius 3 is 2.31 bits per heavy atom. The van der Waals surface area contributed by atoms with E-state index in [1.165, 1.54) is 20.3 Å². The van der Waals surface area contributed by atoms with E-state index < -0.39 is 0 Å². The van der Waals surface area contributed by atoms with Crippen LogP contribution in [0, 0.1) is 0 Å². The van der Waals surface area contributed by atoms with Crippen molar-refractivity contribution < 1.29 is 28.6 Å². The molecule has 0 fully saturated rings. The van der Waals surface area contributed by atoms with E-state index in [1.54, 1.807) is 31.5 Å². The molecule has 0 saturated carbocycles. The molecule has 0 spiro atoms. The van der Waals surface area contributed by atoms with Crippen LogP contribution in [0.1, 0.15) is 0 Å². The number of hydrogen-bond acceptors (Lipinski definition) is 9.